The lowest BCUT2D eigenvalue weighted by molar-refractivity contribution is 0.842. The molecular formula is C36H23N3S. The molecule has 2 aliphatic rings. The first-order valence-electron chi connectivity index (χ1n) is 14.1. The molecule has 3 heterocycles. The smallest absolute Gasteiger partial charge is 0.235 e. The van der Waals surface area contributed by atoms with Gasteiger partial charge in [-0.25, -0.2) is 9.97 Å². The Labute approximate surface area is 234 Å². The molecule has 40 heavy (non-hydrogen) atoms. The number of rotatable bonds is 2. The van der Waals surface area contributed by atoms with Crippen LogP contribution in [0.25, 0.3) is 70.1 Å². The van der Waals surface area contributed by atoms with Gasteiger partial charge in [0.15, 0.2) is 0 Å². The van der Waals surface area contributed by atoms with Gasteiger partial charge in [-0.15, -0.1) is 11.3 Å². The van der Waals surface area contributed by atoms with Crippen molar-refractivity contribution in [3.8, 4) is 17.2 Å². The lowest BCUT2D eigenvalue weighted by Gasteiger charge is -2.19. The van der Waals surface area contributed by atoms with Gasteiger partial charge in [-0.05, 0) is 90.4 Å². The SMILES string of the molecule is c1ccc(-c2nc(-n3c4cc5c(cc4c4cc6sc7cc8c(cc7c6cc43)CC8)CC5)nc3ccccc23)cc1. The molecule has 5 aromatic carbocycles. The van der Waals surface area contributed by atoms with Crippen LogP contribution in [0.4, 0.5) is 0 Å². The summed E-state index contributed by atoms with van der Waals surface area (Å²) in [7, 11) is 0. The lowest BCUT2D eigenvalue weighted by Crippen LogP contribution is -2.09. The second-order valence-corrected chi connectivity index (χ2v) is 12.4. The zero-order valence-electron chi connectivity index (χ0n) is 21.7. The number of nitrogens with zero attached hydrogens (tertiary/aromatic N) is 3. The molecule has 0 amide bonds. The van der Waals surface area contributed by atoms with E-state index >= 15 is 0 Å². The summed E-state index contributed by atoms with van der Waals surface area (Å²) < 4.78 is 5.08. The van der Waals surface area contributed by atoms with Crippen molar-refractivity contribution in [2.24, 2.45) is 0 Å². The van der Waals surface area contributed by atoms with Crippen LogP contribution < -0.4 is 0 Å². The third-order valence-electron chi connectivity index (χ3n) is 9.17. The Balaban J connectivity index is 1.35. The Bertz CT molecular complexity index is 2380. The molecule has 0 unspecified atom stereocenters. The number of aryl methyl sites for hydroxylation is 4. The van der Waals surface area contributed by atoms with Crippen LogP contribution in [0.3, 0.4) is 0 Å². The van der Waals surface area contributed by atoms with Crippen LogP contribution >= 0.6 is 11.3 Å². The van der Waals surface area contributed by atoms with Gasteiger partial charge in [-0.3, -0.25) is 4.57 Å². The van der Waals surface area contributed by atoms with Crippen LogP contribution in [0.5, 0.6) is 0 Å². The Kier molecular flexibility index (Phi) is 4.02. The minimum absolute atomic E-state index is 0.736. The van der Waals surface area contributed by atoms with Crippen molar-refractivity contribution in [2.45, 2.75) is 25.7 Å². The normalized spacial score (nSPS) is 14.1. The van der Waals surface area contributed by atoms with E-state index in [-0.39, 0.29) is 0 Å². The highest BCUT2D eigenvalue weighted by molar-refractivity contribution is 7.25. The third-order valence-corrected chi connectivity index (χ3v) is 10.3. The van der Waals surface area contributed by atoms with E-state index in [2.05, 4.69) is 95.6 Å². The molecule has 4 heteroatoms. The first kappa shape index (κ1) is 21.3. The quantitative estimate of drug-likeness (QED) is 0.224. The molecule has 0 aliphatic heterocycles. The number of hydrogen-bond donors (Lipinski definition) is 0. The summed E-state index contributed by atoms with van der Waals surface area (Å²) in [5.41, 5.74) is 11.4. The van der Waals surface area contributed by atoms with E-state index in [1.165, 1.54) is 83.5 Å². The average Bonchev–Trinajstić information content (AvgIpc) is 3.47. The molecule has 0 fully saturated rings. The van der Waals surface area contributed by atoms with E-state index in [1.807, 2.05) is 11.3 Å². The van der Waals surface area contributed by atoms with Crippen LogP contribution in [0, 0.1) is 0 Å². The maximum absolute atomic E-state index is 5.30. The maximum atomic E-state index is 5.30. The van der Waals surface area contributed by atoms with Gasteiger partial charge in [0.25, 0.3) is 0 Å². The summed E-state index contributed by atoms with van der Waals surface area (Å²) in [6.45, 7) is 0. The Morgan fingerprint density at radius 1 is 0.525 bits per heavy atom. The van der Waals surface area contributed by atoms with E-state index in [4.69, 9.17) is 9.97 Å². The van der Waals surface area contributed by atoms with E-state index in [0.717, 1.165) is 34.5 Å². The lowest BCUT2D eigenvalue weighted by atomic mass is 9.87. The minimum atomic E-state index is 0.736. The fourth-order valence-corrected chi connectivity index (χ4v) is 8.04. The summed E-state index contributed by atoms with van der Waals surface area (Å²) in [6, 6.07) is 33.4. The second kappa shape index (κ2) is 7.56. The van der Waals surface area contributed by atoms with Crippen molar-refractivity contribution >= 4 is 64.2 Å². The summed E-state index contributed by atoms with van der Waals surface area (Å²) in [5.74, 6) is 0.736. The Morgan fingerprint density at radius 3 is 1.98 bits per heavy atom. The molecule has 0 radical (unpaired) electrons. The molecule has 0 bridgehead atoms. The Morgan fingerprint density at radius 2 is 1.15 bits per heavy atom. The Hall–Kier alpha value is -4.54. The fraction of sp³-hybridized carbons (Fsp3) is 0.111. The summed E-state index contributed by atoms with van der Waals surface area (Å²) in [6.07, 6.45) is 4.72. The summed E-state index contributed by atoms with van der Waals surface area (Å²) in [5, 5.41) is 6.39. The molecule has 0 spiro atoms. The number of hydrogen-bond acceptors (Lipinski definition) is 3. The molecule has 0 N–H and O–H groups in total. The molecule has 8 aromatic rings. The van der Waals surface area contributed by atoms with E-state index < -0.39 is 0 Å². The monoisotopic (exact) mass is 529 g/mol. The molecular weight excluding hydrogens is 506 g/mol. The molecule has 2 aliphatic carbocycles. The summed E-state index contributed by atoms with van der Waals surface area (Å²) >= 11 is 1.93. The third kappa shape index (κ3) is 2.79. The number of para-hydroxylation sites is 1. The van der Waals surface area contributed by atoms with Gasteiger partial charge in [0, 0.05) is 41.9 Å². The zero-order chi connectivity index (χ0) is 25.9. The first-order chi connectivity index (χ1) is 19.8. The van der Waals surface area contributed by atoms with Crippen molar-refractivity contribution in [1.29, 1.82) is 0 Å². The highest BCUT2D eigenvalue weighted by Gasteiger charge is 2.23. The van der Waals surface area contributed by atoms with Crippen LogP contribution in [-0.4, -0.2) is 14.5 Å². The number of fused-ring (bicyclic) bond motifs is 9. The topological polar surface area (TPSA) is 30.7 Å². The van der Waals surface area contributed by atoms with Crippen LogP contribution in [0.15, 0.2) is 91.0 Å². The fourth-order valence-electron chi connectivity index (χ4n) is 6.86. The predicted octanol–water partition coefficient (Wildman–Crippen LogP) is 8.96. The maximum Gasteiger partial charge on any atom is 0.235 e. The number of thiophene rings is 1. The molecule has 0 saturated heterocycles. The predicted molar refractivity (Wildman–Crippen MR) is 167 cm³/mol. The van der Waals surface area contributed by atoms with Crippen molar-refractivity contribution in [1.82, 2.24) is 14.5 Å². The largest absolute Gasteiger partial charge is 0.278 e. The van der Waals surface area contributed by atoms with E-state index in [9.17, 15) is 0 Å². The average molecular weight is 530 g/mol. The van der Waals surface area contributed by atoms with Gasteiger partial charge in [0.2, 0.25) is 5.95 Å². The molecule has 0 saturated carbocycles. The van der Waals surface area contributed by atoms with Gasteiger partial charge in [0.1, 0.15) is 0 Å². The van der Waals surface area contributed by atoms with Gasteiger partial charge >= 0.3 is 0 Å². The molecule has 0 atom stereocenters. The molecule has 10 rings (SSSR count). The van der Waals surface area contributed by atoms with E-state index in [1.54, 1.807) is 0 Å². The first-order valence-corrected chi connectivity index (χ1v) is 14.9. The minimum Gasteiger partial charge on any atom is -0.278 e. The van der Waals surface area contributed by atoms with Crippen molar-refractivity contribution in [2.75, 3.05) is 0 Å². The number of benzene rings is 5. The van der Waals surface area contributed by atoms with Gasteiger partial charge < -0.3 is 0 Å². The van der Waals surface area contributed by atoms with Gasteiger partial charge in [-0.2, -0.15) is 0 Å². The van der Waals surface area contributed by atoms with Gasteiger partial charge in [0.05, 0.1) is 22.2 Å². The van der Waals surface area contributed by atoms with Gasteiger partial charge in [-0.1, -0.05) is 48.5 Å². The summed E-state index contributed by atoms with van der Waals surface area (Å²) in [4.78, 5) is 10.5. The van der Waals surface area contributed by atoms with Crippen molar-refractivity contribution < 1.29 is 0 Å². The highest BCUT2D eigenvalue weighted by atomic mass is 32.1. The second-order valence-electron chi connectivity index (χ2n) is 11.3. The number of aromatic nitrogens is 3. The molecule has 3 aromatic heterocycles. The van der Waals surface area contributed by atoms with E-state index in [0.29, 0.717) is 0 Å². The standard InChI is InChI=1S/C36H23N3S/c1-2-6-20(7-3-1)35-25-8-4-5-9-30(25)37-36(38-35)39-31-16-23-12-10-21(23)14-26(31)27-19-34-29(18-32(27)39)28-15-22-11-13-24(22)17-33(28)40-34/h1-9,14-19H,10-13H2. The van der Waals surface area contributed by atoms with Crippen molar-refractivity contribution in [3.63, 3.8) is 0 Å². The van der Waals surface area contributed by atoms with Crippen LogP contribution in [0.1, 0.15) is 22.3 Å². The van der Waals surface area contributed by atoms with Crippen LogP contribution in [0.2, 0.25) is 0 Å². The molecule has 3 nitrogen and oxygen atoms in total. The van der Waals surface area contributed by atoms with Crippen LogP contribution in [-0.2, 0) is 25.7 Å². The zero-order valence-corrected chi connectivity index (χ0v) is 22.6. The van der Waals surface area contributed by atoms with Crippen molar-refractivity contribution in [3.05, 3.63) is 113 Å². The highest BCUT2D eigenvalue weighted by Crippen LogP contribution is 2.44. The molecule has 188 valence electrons.